The Kier molecular flexibility index (Phi) is 3.18. The van der Waals surface area contributed by atoms with Crippen molar-refractivity contribution in [2.24, 2.45) is 0 Å². The van der Waals surface area contributed by atoms with Crippen molar-refractivity contribution in [2.45, 2.75) is 33.1 Å². The van der Waals surface area contributed by atoms with Crippen LogP contribution in [-0.2, 0) is 6.42 Å². The number of nitrogens with one attached hydrogen (secondary N) is 1. The van der Waals surface area contributed by atoms with Crippen molar-refractivity contribution in [3.63, 3.8) is 0 Å². The van der Waals surface area contributed by atoms with Crippen molar-refractivity contribution in [2.75, 3.05) is 0 Å². The van der Waals surface area contributed by atoms with E-state index in [4.69, 9.17) is 5.11 Å². The van der Waals surface area contributed by atoms with Crippen molar-refractivity contribution in [3.05, 3.63) is 35.0 Å². The average Bonchev–Trinajstić information content (AvgIpc) is 2.61. The van der Waals surface area contributed by atoms with Crippen LogP contribution in [-0.4, -0.2) is 16.1 Å². The van der Waals surface area contributed by atoms with Crippen LogP contribution in [0.25, 0.3) is 10.9 Å². The number of carboxylic acid groups (broad SMARTS) is 1. The molecule has 17 heavy (non-hydrogen) atoms. The topological polar surface area (TPSA) is 53.1 Å². The zero-order valence-electron chi connectivity index (χ0n) is 10.2. The number of unbranched alkanes of at least 4 members (excludes halogenated alkanes) is 1. The number of aromatic amines is 1. The number of H-pyrrole nitrogens is 1. The van der Waals surface area contributed by atoms with E-state index < -0.39 is 5.97 Å². The fourth-order valence-corrected chi connectivity index (χ4v) is 2.19. The first kappa shape index (κ1) is 11.7. The summed E-state index contributed by atoms with van der Waals surface area (Å²) < 4.78 is 0. The van der Waals surface area contributed by atoms with Gasteiger partial charge < -0.3 is 10.1 Å². The number of carbonyl (C=O) groups is 1. The highest BCUT2D eigenvalue weighted by Gasteiger charge is 2.10. The van der Waals surface area contributed by atoms with Crippen LogP contribution in [0.2, 0.25) is 0 Å². The van der Waals surface area contributed by atoms with E-state index in [0.717, 1.165) is 35.9 Å². The van der Waals surface area contributed by atoms with Gasteiger partial charge in [0.2, 0.25) is 0 Å². The molecule has 90 valence electrons. The SMILES string of the molecule is CCCCc1c(C)[nH]c2ccc(C(=O)O)cc12. The Morgan fingerprint density at radius 3 is 2.82 bits per heavy atom. The van der Waals surface area contributed by atoms with E-state index in [1.165, 1.54) is 5.56 Å². The lowest BCUT2D eigenvalue weighted by atomic mass is 10.0. The second-order valence-electron chi connectivity index (χ2n) is 4.40. The van der Waals surface area contributed by atoms with Gasteiger partial charge in [-0.25, -0.2) is 4.79 Å². The Morgan fingerprint density at radius 1 is 1.41 bits per heavy atom. The molecule has 0 spiro atoms. The zero-order valence-corrected chi connectivity index (χ0v) is 10.2. The van der Waals surface area contributed by atoms with Crippen LogP contribution in [0.5, 0.6) is 0 Å². The Balaban J connectivity index is 2.52. The second-order valence-corrected chi connectivity index (χ2v) is 4.40. The predicted molar refractivity (Wildman–Crippen MR) is 68.6 cm³/mol. The van der Waals surface area contributed by atoms with Crippen molar-refractivity contribution in [1.82, 2.24) is 4.98 Å². The van der Waals surface area contributed by atoms with E-state index in [1.807, 2.05) is 13.0 Å². The monoisotopic (exact) mass is 231 g/mol. The smallest absolute Gasteiger partial charge is 0.335 e. The first-order chi connectivity index (χ1) is 8.13. The van der Waals surface area contributed by atoms with Crippen LogP contribution < -0.4 is 0 Å². The summed E-state index contributed by atoms with van der Waals surface area (Å²) in [4.78, 5) is 14.3. The predicted octanol–water partition coefficient (Wildman–Crippen LogP) is 3.52. The highest BCUT2D eigenvalue weighted by molar-refractivity contribution is 5.95. The number of aromatic carboxylic acids is 1. The summed E-state index contributed by atoms with van der Waals surface area (Å²) in [6, 6.07) is 5.26. The van der Waals surface area contributed by atoms with Gasteiger partial charge in [0.15, 0.2) is 0 Å². The average molecular weight is 231 g/mol. The normalized spacial score (nSPS) is 10.9. The molecule has 0 bridgehead atoms. The van der Waals surface area contributed by atoms with Gasteiger partial charge in [-0.3, -0.25) is 0 Å². The first-order valence-corrected chi connectivity index (χ1v) is 5.98. The quantitative estimate of drug-likeness (QED) is 0.845. The van der Waals surface area contributed by atoms with Gasteiger partial charge in [-0.2, -0.15) is 0 Å². The summed E-state index contributed by atoms with van der Waals surface area (Å²) >= 11 is 0. The number of benzene rings is 1. The molecule has 2 N–H and O–H groups in total. The van der Waals surface area contributed by atoms with Crippen LogP contribution in [0.4, 0.5) is 0 Å². The van der Waals surface area contributed by atoms with Gasteiger partial charge in [0, 0.05) is 16.6 Å². The van der Waals surface area contributed by atoms with E-state index in [1.54, 1.807) is 12.1 Å². The van der Waals surface area contributed by atoms with E-state index in [2.05, 4.69) is 11.9 Å². The Hall–Kier alpha value is -1.77. The number of rotatable bonds is 4. The van der Waals surface area contributed by atoms with Gasteiger partial charge in [0.1, 0.15) is 0 Å². The molecule has 3 heteroatoms. The molecule has 0 saturated heterocycles. The summed E-state index contributed by atoms with van der Waals surface area (Å²) in [5.74, 6) is -0.868. The standard InChI is InChI=1S/C14H17NO2/c1-3-4-5-11-9(2)15-13-7-6-10(14(16)17)8-12(11)13/h6-8,15H,3-5H2,1-2H3,(H,16,17). The molecule has 0 aliphatic heterocycles. The minimum Gasteiger partial charge on any atom is -0.478 e. The van der Waals surface area contributed by atoms with Gasteiger partial charge in [-0.1, -0.05) is 13.3 Å². The number of fused-ring (bicyclic) bond motifs is 1. The molecular formula is C14H17NO2. The van der Waals surface area contributed by atoms with Crippen LogP contribution in [0.1, 0.15) is 41.4 Å². The van der Waals surface area contributed by atoms with Gasteiger partial charge in [-0.05, 0) is 43.5 Å². The maximum Gasteiger partial charge on any atom is 0.335 e. The van der Waals surface area contributed by atoms with Crippen molar-refractivity contribution in [3.8, 4) is 0 Å². The number of carboxylic acids is 1. The van der Waals surface area contributed by atoms with Crippen LogP contribution in [0.15, 0.2) is 18.2 Å². The second kappa shape index (κ2) is 4.62. The van der Waals surface area contributed by atoms with E-state index in [0.29, 0.717) is 5.56 Å². The van der Waals surface area contributed by atoms with E-state index in [9.17, 15) is 4.79 Å². The van der Waals surface area contributed by atoms with Crippen LogP contribution in [0.3, 0.4) is 0 Å². The zero-order chi connectivity index (χ0) is 12.4. The fourth-order valence-electron chi connectivity index (χ4n) is 2.19. The summed E-state index contributed by atoms with van der Waals surface area (Å²) in [7, 11) is 0. The molecule has 1 heterocycles. The molecule has 0 unspecified atom stereocenters. The minimum atomic E-state index is -0.868. The van der Waals surface area contributed by atoms with Gasteiger partial charge in [0.25, 0.3) is 0 Å². The van der Waals surface area contributed by atoms with E-state index in [-0.39, 0.29) is 0 Å². The number of hydrogen-bond acceptors (Lipinski definition) is 1. The van der Waals surface area contributed by atoms with Gasteiger partial charge in [-0.15, -0.1) is 0 Å². The van der Waals surface area contributed by atoms with Crippen LogP contribution >= 0.6 is 0 Å². The Bertz CT molecular complexity index is 555. The molecule has 0 aliphatic carbocycles. The minimum absolute atomic E-state index is 0.356. The van der Waals surface area contributed by atoms with Crippen molar-refractivity contribution in [1.29, 1.82) is 0 Å². The van der Waals surface area contributed by atoms with Crippen LogP contribution in [0, 0.1) is 6.92 Å². The lowest BCUT2D eigenvalue weighted by Gasteiger charge is -2.00. The maximum absolute atomic E-state index is 11.0. The molecule has 2 rings (SSSR count). The van der Waals surface area contributed by atoms with Gasteiger partial charge in [0.05, 0.1) is 5.56 Å². The fraction of sp³-hybridized carbons (Fsp3) is 0.357. The summed E-state index contributed by atoms with van der Waals surface area (Å²) in [5.41, 5.74) is 3.79. The number of aryl methyl sites for hydroxylation is 2. The molecule has 0 aliphatic rings. The van der Waals surface area contributed by atoms with E-state index >= 15 is 0 Å². The molecule has 3 nitrogen and oxygen atoms in total. The third-order valence-electron chi connectivity index (χ3n) is 3.15. The lowest BCUT2D eigenvalue weighted by Crippen LogP contribution is -1.95. The number of hydrogen-bond donors (Lipinski definition) is 2. The molecular weight excluding hydrogens is 214 g/mol. The van der Waals surface area contributed by atoms with Crippen molar-refractivity contribution >= 4 is 16.9 Å². The third kappa shape index (κ3) is 2.18. The number of aromatic nitrogens is 1. The molecule has 0 fully saturated rings. The lowest BCUT2D eigenvalue weighted by molar-refractivity contribution is 0.0697. The molecule has 2 aromatic rings. The largest absolute Gasteiger partial charge is 0.478 e. The highest BCUT2D eigenvalue weighted by Crippen LogP contribution is 2.25. The van der Waals surface area contributed by atoms with Gasteiger partial charge >= 0.3 is 5.97 Å². The Labute approximate surface area is 100 Å². The molecule has 0 radical (unpaired) electrons. The molecule has 0 amide bonds. The first-order valence-electron chi connectivity index (χ1n) is 5.98. The molecule has 1 aromatic heterocycles. The summed E-state index contributed by atoms with van der Waals surface area (Å²) in [6.07, 6.45) is 3.28. The highest BCUT2D eigenvalue weighted by atomic mass is 16.4. The molecule has 1 aromatic carbocycles. The van der Waals surface area contributed by atoms with Crippen molar-refractivity contribution < 1.29 is 9.90 Å². The Morgan fingerprint density at radius 2 is 2.18 bits per heavy atom. The maximum atomic E-state index is 11.0. The molecule has 0 atom stereocenters. The third-order valence-corrected chi connectivity index (χ3v) is 3.15. The summed E-state index contributed by atoms with van der Waals surface area (Å²) in [6.45, 7) is 4.21. The molecule has 0 saturated carbocycles. The summed E-state index contributed by atoms with van der Waals surface area (Å²) in [5, 5.41) is 10.1.